The van der Waals surface area contributed by atoms with Crippen molar-refractivity contribution in [1.82, 2.24) is 0 Å². The standard InChI is InChI=1S/C31H27F3O4S/c1-2-22-17-27(14-15-29(22)38-19-30(35)36)39-20-21(16-24-8-5-7-23-6-3-4-9-28(23)24)18-37-26-12-10-25(11-13-26)31(32,33)34/h3-17H,2,18-20H2,1H3,(H,35,36). The van der Waals surface area contributed by atoms with Crippen LogP contribution in [0.5, 0.6) is 11.5 Å². The highest BCUT2D eigenvalue weighted by Crippen LogP contribution is 2.32. The zero-order valence-electron chi connectivity index (χ0n) is 21.2. The van der Waals surface area contributed by atoms with Crippen molar-refractivity contribution in [3.63, 3.8) is 0 Å². The number of alkyl halides is 3. The monoisotopic (exact) mass is 552 g/mol. The van der Waals surface area contributed by atoms with E-state index in [1.165, 1.54) is 12.1 Å². The van der Waals surface area contributed by atoms with Crippen LogP contribution in [-0.4, -0.2) is 30.0 Å². The average molecular weight is 553 g/mol. The highest BCUT2D eigenvalue weighted by Gasteiger charge is 2.30. The van der Waals surface area contributed by atoms with E-state index < -0.39 is 24.3 Å². The van der Waals surface area contributed by atoms with Gasteiger partial charge in [0.25, 0.3) is 0 Å². The molecule has 4 nitrogen and oxygen atoms in total. The number of fused-ring (bicyclic) bond motifs is 1. The fourth-order valence-corrected chi connectivity index (χ4v) is 4.92. The fourth-order valence-electron chi connectivity index (χ4n) is 4.02. The lowest BCUT2D eigenvalue weighted by atomic mass is 10.0. The first-order valence-corrected chi connectivity index (χ1v) is 13.3. The number of aryl methyl sites for hydroxylation is 1. The summed E-state index contributed by atoms with van der Waals surface area (Å²) in [6.07, 6.45) is -1.66. The Balaban J connectivity index is 1.56. The van der Waals surface area contributed by atoms with Crippen LogP contribution in [0.15, 0.2) is 95.4 Å². The molecule has 1 N–H and O–H groups in total. The van der Waals surface area contributed by atoms with E-state index in [0.717, 1.165) is 44.5 Å². The van der Waals surface area contributed by atoms with E-state index in [9.17, 15) is 18.0 Å². The number of rotatable bonds is 11. The van der Waals surface area contributed by atoms with Crippen LogP contribution in [0, 0.1) is 0 Å². The minimum absolute atomic E-state index is 0.196. The lowest BCUT2D eigenvalue weighted by molar-refractivity contribution is -0.139. The van der Waals surface area contributed by atoms with E-state index in [1.54, 1.807) is 17.8 Å². The second kappa shape index (κ2) is 12.8. The molecule has 39 heavy (non-hydrogen) atoms. The second-order valence-corrected chi connectivity index (χ2v) is 9.82. The number of hydrogen-bond donors (Lipinski definition) is 1. The SMILES string of the molecule is CCc1cc(SCC(=Cc2cccc3ccccc23)COc2ccc(C(F)(F)F)cc2)ccc1OCC(=O)O. The maximum atomic E-state index is 12.9. The molecule has 4 aromatic carbocycles. The Morgan fingerprint density at radius 2 is 1.67 bits per heavy atom. The molecule has 0 aliphatic carbocycles. The van der Waals surface area contributed by atoms with Crippen molar-refractivity contribution in [2.75, 3.05) is 19.0 Å². The number of carboxylic acids is 1. The molecular formula is C31H27F3O4S. The van der Waals surface area contributed by atoms with Crippen molar-refractivity contribution in [3.8, 4) is 11.5 Å². The molecule has 202 valence electrons. The number of benzene rings is 4. The van der Waals surface area contributed by atoms with Gasteiger partial charge in [-0.3, -0.25) is 0 Å². The Kier molecular flexibility index (Phi) is 9.19. The van der Waals surface area contributed by atoms with Gasteiger partial charge in [0.15, 0.2) is 6.61 Å². The zero-order valence-corrected chi connectivity index (χ0v) is 22.0. The highest BCUT2D eigenvalue weighted by atomic mass is 32.2. The summed E-state index contributed by atoms with van der Waals surface area (Å²) in [6.45, 7) is 1.77. The van der Waals surface area contributed by atoms with Crippen molar-refractivity contribution >= 4 is 34.6 Å². The highest BCUT2D eigenvalue weighted by molar-refractivity contribution is 7.99. The van der Waals surface area contributed by atoms with Gasteiger partial charge in [-0.2, -0.15) is 13.2 Å². The third-order valence-electron chi connectivity index (χ3n) is 5.98. The molecule has 0 aromatic heterocycles. The van der Waals surface area contributed by atoms with Crippen molar-refractivity contribution in [1.29, 1.82) is 0 Å². The predicted octanol–water partition coefficient (Wildman–Crippen LogP) is 8.14. The molecule has 0 atom stereocenters. The number of carbonyl (C=O) groups is 1. The van der Waals surface area contributed by atoms with E-state index in [2.05, 4.69) is 6.08 Å². The quantitative estimate of drug-likeness (QED) is 0.190. The Morgan fingerprint density at radius 1 is 0.923 bits per heavy atom. The summed E-state index contributed by atoms with van der Waals surface area (Å²) in [5.41, 5.74) is 2.15. The number of hydrogen-bond acceptors (Lipinski definition) is 4. The number of aliphatic carboxylic acids is 1. The molecule has 0 aliphatic rings. The van der Waals surface area contributed by atoms with Crippen LogP contribution in [0.25, 0.3) is 16.8 Å². The summed E-state index contributed by atoms with van der Waals surface area (Å²) in [5, 5.41) is 11.1. The van der Waals surface area contributed by atoms with Gasteiger partial charge in [0.2, 0.25) is 0 Å². The molecule has 0 amide bonds. The van der Waals surface area contributed by atoms with E-state index in [4.69, 9.17) is 14.6 Å². The van der Waals surface area contributed by atoms with Crippen LogP contribution in [0.3, 0.4) is 0 Å². The summed E-state index contributed by atoms with van der Waals surface area (Å²) >= 11 is 1.59. The molecular weight excluding hydrogens is 525 g/mol. The smallest absolute Gasteiger partial charge is 0.416 e. The summed E-state index contributed by atoms with van der Waals surface area (Å²) in [6, 6.07) is 24.4. The number of carboxylic acid groups (broad SMARTS) is 1. The van der Waals surface area contributed by atoms with Crippen molar-refractivity contribution in [3.05, 3.63) is 107 Å². The van der Waals surface area contributed by atoms with Gasteiger partial charge in [-0.25, -0.2) is 4.79 Å². The number of halogens is 3. The zero-order chi connectivity index (χ0) is 27.8. The number of thioether (sulfide) groups is 1. The van der Waals surface area contributed by atoms with Crippen LogP contribution in [0.4, 0.5) is 13.2 Å². The van der Waals surface area contributed by atoms with Crippen LogP contribution in [0.2, 0.25) is 0 Å². The molecule has 4 aromatic rings. The fraction of sp³-hybridized carbons (Fsp3) is 0.194. The van der Waals surface area contributed by atoms with Gasteiger partial charge in [0.1, 0.15) is 18.1 Å². The summed E-state index contributed by atoms with van der Waals surface area (Å²) in [4.78, 5) is 11.9. The lowest BCUT2D eigenvalue weighted by Crippen LogP contribution is -2.10. The third kappa shape index (κ3) is 7.80. The average Bonchev–Trinajstić information content (AvgIpc) is 2.93. The van der Waals surface area contributed by atoms with E-state index >= 15 is 0 Å². The van der Waals surface area contributed by atoms with Crippen LogP contribution in [0.1, 0.15) is 23.6 Å². The molecule has 0 saturated heterocycles. The van der Waals surface area contributed by atoms with E-state index in [1.807, 2.05) is 61.5 Å². The minimum Gasteiger partial charge on any atom is -0.489 e. The van der Waals surface area contributed by atoms with Crippen LogP contribution in [-0.2, 0) is 17.4 Å². The van der Waals surface area contributed by atoms with E-state index in [-0.39, 0.29) is 6.61 Å². The van der Waals surface area contributed by atoms with Gasteiger partial charge in [-0.05, 0) is 76.4 Å². The Hall–Kier alpha value is -3.91. The van der Waals surface area contributed by atoms with Gasteiger partial charge < -0.3 is 14.6 Å². The summed E-state index contributed by atoms with van der Waals surface area (Å²) < 4.78 is 50.1. The van der Waals surface area contributed by atoms with Crippen molar-refractivity contribution < 1.29 is 32.5 Å². The molecule has 0 bridgehead atoms. The molecule has 0 radical (unpaired) electrons. The molecule has 0 aliphatic heterocycles. The summed E-state index contributed by atoms with van der Waals surface area (Å²) in [5.74, 6) is 0.431. The second-order valence-electron chi connectivity index (χ2n) is 8.78. The lowest BCUT2D eigenvalue weighted by Gasteiger charge is -2.14. The molecule has 0 saturated carbocycles. The topological polar surface area (TPSA) is 55.8 Å². The molecule has 8 heteroatoms. The molecule has 4 rings (SSSR count). The van der Waals surface area contributed by atoms with Crippen molar-refractivity contribution in [2.45, 2.75) is 24.4 Å². The molecule has 0 unspecified atom stereocenters. The Bertz CT molecular complexity index is 1460. The predicted molar refractivity (Wildman–Crippen MR) is 149 cm³/mol. The Labute approximate surface area is 229 Å². The third-order valence-corrected chi connectivity index (χ3v) is 7.08. The molecule has 0 fully saturated rings. The Morgan fingerprint density at radius 3 is 2.38 bits per heavy atom. The first-order valence-electron chi connectivity index (χ1n) is 12.3. The molecule has 0 heterocycles. The first kappa shape index (κ1) is 28.1. The first-order chi connectivity index (χ1) is 18.7. The van der Waals surface area contributed by atoms with Gasteiger partial charge in [-0.15, -0.1) is 11.8 Å². The van der Waals surface area contributed by atoms with Gasteiger partial charge >= 0.3 is 12.1 Å². The maximum absolute atomic E-state index is 12.9. The van der Waals surface area contributed by atoms with Gasteiger partial charge in [0.05, 0.1) is 5.56 Å². The van der Waals surface area contributed by atoms with E-state index in [0.29, 0.717) is 23.7 Å². The number of ether oxygens (including phenoxy) is 2. The maximum Gasteiger partial charge on any atom is 0.416 e. The normalized spacial score (nSPS) is 11.9. The van der Waals surface area contributed by atoms with Crippen LogP contribution < -0.4 is 9.47 Å². The molecule has 0 spiro atoms. The van der Waals surface area contributed by atoms with Crippen LogP contribution >= 0.6 is 11.8 Å². The van der Waals surface area contributed by atoms with Gasteiger partial charge in [-0.1, -0.05) is 55.5 Å². The minimum atomic E-state index is -4.40. The van der Waals surface area contributed by atoms with Gasteiger partial charge in [0, 0.05) is 10.6 Å². The summed E-state index contributed by atoms with van der Waals surface area (Å²) in [7, 11) is 0. The largest absolute Gasteiger partial charge is 0.489 e. The van der Waals surface area contributed by atoms with Crippen molar-refractivity contribution in [2.24, 2.45) is 0 Å².